The van der Waals surface area contributed by atoms with E-state index in [1.54, 1.807) is 0 Å². The van der Waals surface area contributed by atoms with Gasteiger partial charge in [0.15, 0.2) is 0 Å². The molecule has 1 unspecified atom stereocenters. The molecule has 0 saturated carbocycles. The number of carbonyl (C=O) groups is 3. The van der Waals surface area contributed by atoms with Gasteiger partial charge >= 0.3 is 5.97 Å². The average Bonchev–Trinajstić information content (AvgIpc) is 2.36. The summed E-state index contributed by atoms with van der Waals surface area (Å²) in [5.74, 6) is -1.61. The molecule has 0 heterocycles. The fourth-order valence-electron chi connectivity index (χ4n) is 1.36. The summed E-state index contributed by atoms with van der Waals surface area (Å²) in [5.41, 5.74) is 0.581. The van der Waals surface area contributed by atoms with Gasteiger partial charge < -0.3 is 15.7 Å². The third-order valence-electron chi connectivity index (χ3n) is 2.28. The van der Waals surface area contributed by atoms with Crippen LogP contribution < -0.4 is 10.6 Å². The number of anilines is 1. The highest BCUT2D eigenvalue weighted by molar-refractivity contribution is 7.80. The number of thiol groups is 1. The second-order valence-corrected chi connectivity index (χ2v) is 4.17. The van der Waals surface area contributed by atoms with Gasteiger partial charge in [-0.2, -0.15) is 12.6 Å². The molecule has 19 heavy (non-hydrogen) atoms. The van der Waals surface area contributed by atoms with Crippen LogP contribution in [0.2, 0.25) is 0 Å². The number of benzene rings is 1. The maximum atomic E-state index is 11.8. The predicted octanol–water partition coefficient (Wildman–Crippen LogP) is 0.758. The molecule has 0 aliphatic rings. The van der Waals surface area contributed by atoms with Gasteiger partial charge in [0.1, 0.15) is 6.04 Å². The van der Waals surface area contributed by atoms with E-state index in [0.29, 0.717) is 5.69 Å². The Labute approximate surface area is 115 Å². The number of aromatic carboxylic acids is 1. The third-order valence-corrected chi connectivity index (χ3v) is 2.64. The molecule has 7 heteroatoms. The van der Waals surface area contributed by atoms with Crippen LogP contribution in [-0.2, 0) is 9.59 Å². The molecule has 0 radical (unpaired) electrons. The monoisotopic (exact) mass is 282 g/mol. The lowest BCUT2D eigenvalue weighted by atomic mass is 10.2. The van der Waals surface area contributed by atoms with Gasteiger partial charge in [0.25, 0.3) is 0 Å². The molecule has 0 aromatic heterocycles. The zero-order valence-corrected chi connectivity index (χ0v) is 11.1. The minimum atomic E-state index is -1.04. The van der Waals surface area contributed by atoms with E-state index >= 15 is 0 Å². The minimum absolute atomic E-state index is 0.130. The molecule has 2 amide bonds. The van der Waals surface area contributed by atoms with Crippen molar-refractivity contribution in [3.63, 3.8) is 0 Å². The van der Waals surface area contributed by atoms with Crippen LogP contribution in [-0.4, -0.2) is 34.7 Å². The molecule has 0 saturated heterocycles. The van der Waals surface area contributed by atoms with Gasteiger partial charge in [0.05, 0.1) is 5.56 Å². The Bertz CT molecular complexity index is 487. The van der Waals surface area contributed by atoms with Crippen molar-refractivity contribution in [1.82, 2.24) is 5.32 Å². The molecule has 6 nitrogen and oxygen atoms in total. The normalized spacial score (nSPS) is 11.5. The lowest BCUT2D eigenvalue weighted by Crippen LogP contribution is -2.44. The summed E-state index contributed by atoms with van der Waals surface area (Å²) in [5, 5.41) is 13.8. The molecule has 0 aliphatic carbocycles. The van der Waals surface area contributed by atoms with E-state index in [2.05, 4.69) is 23.3 Å². The lowest BCUT2D eigenvalue weighted by molar-refractivity contribution is -0.124. The van der Waals surface area contributed by atoms with E-state index in [9.17, 15) is 14.4 Å². The molecule has 1 aromatic carbocycles. The predicted molar refractivity (Wildman–Crippen MR) is 73.5 cm³/mol. The zero-order valence-electron chi connectivity index (χ0n) is 10.2. The van der Waals surface area contributed by atoms with Crippen LogP contribution in [0.25, 0.3) is 0 Å². The highest BCUT2D eigenvalue weighted by atomic mass is 32.1. The topological polar surface area (TPSA) is 95.5 Å². The fourth-order valence-corrected chi connectivity index (χ4v) is 1.62. The minimum Gasteiger partial charge on any atom is -0.478 e. The highest BCUT2D eigenvalue weighted by Gasteiger charge is 2.17. The van der Waals surface area contributed by atoms with Gasteiger partial charge in [0.2, 0.25) is 11.8 Å². The number of hydrogen-bond acceptors (Lipinski definition) is 4. The van der Waals surface area contributed by atoms with Gasteiger partial charge in [-0.25, -0.2) is 4.79 Å². The van der Waals surface area contributed by atoms with Crippen molar-refractivity contribution in [3.05, 3.63) is 29.8 Å². The third kappa shape index (κ3) is 4.63. The van der Waals surface area contributed by atoms with Crippen LogP contribution in [0.4, 0.5) is 5.69 Å². The van der Waals surface area contributed by atoms with Crippen LogP contribution in [0.15, 0.2) is 24.3 Å². The van der Waals surface area contributed by atoms with Crippen LogP contribution in [0, 0.1) is 0 Å². The van der Waals surface area contributed by atoms with Gasteiger partial charge in [-0.3, -0.25) is 9.59 Å². The van der Waals surface area contributed by atoms with E-state index < -0.39 is 17.9 Å². The van der Waals surface area contributed by atoms with Crippen LogP contribution in [0.5, 0.6) is 0 Å². The largest absolute Gasteiger partial charge is 0.478 e. The molecule has 3 N–H and O–H groups in total. The molecule has 0 bridgehead atoms. The summed E-state index contributed by atoms with van der Waals surface area (Å²) in [7, 11) is 0. The number of carboxylic acids is 1. The van der Waals surface area contributed by atoms with Crippen LogP contribution >= 0.6 is 12.6 Å². The molecule has 1 atom stereocenters. The summed E-state index contributed by atoms with van der Waals surface area (Å²) in [6.45, 7) is 1.31. The molecule has 0 aliphatic heterocycles. The van der Waals surface area contributed by atoms with Gasteiger partial charge in [-0.05, 0) is 24.3 Å². The van der Waals surface area contributed by atoms with Crippen LogP contribution in [0.3, 0.4) is 0 Å². The number of carboxylic acid groups (broad SMARTS) is 1. The van der Waals surface area contributed by atoms with Gasteiger partial charge in [-0.15, -0.1) is 0 Å². The number of amides is 2. The van der Waals surface area contributed by atoms with Gasteiger partial charge in [0, 0.05) is 18.4 Å². The first kappa shape index (κ1) is 15.0. The second kappa shape index (κ2) is 6.79. The van der Waals surface area contributed by atoms with Gasteiger partial charge in [-0.1, -0.05) is 0 Å². The average molecular weight is 282 g/mol. The highest BCUT2D eigenvalue weighted by Crippen LogP contribution is 2.10. The van der Waals surface area contributed by atoms with E-state index in [4.69, 9.17) is 5.11 Å². The number of nitrogens with one attached hydrogen (secondary N) is 2. The van der Waals surface area contributed by atoms with E-state index in [1.807, 2.05) is 0 Å². The Morgan fingerprint density at radius 2 is 1.84 bits per heavy atom. The van der Waals surface area contributed by atoms with E-state index in [-0.39, 0.29) is 17.2 Å². The van der Waals surface area contributed by atoms with Crippen molar-refractivity contribution in [1.29, 1.82) is 0 Å². The standard InChI is InChI=1S/C12H14N2O4S/c1-7(15)13-10(6-19)11(16)14-9-4-2-8(3-5-9)12(17)18/h2-5,10,19H,6H2,1H3,(H,13,15)(H,14,16)(H,17,18). The van der Waals surface area contributed by atoms with Crippen molar-refractivity contribution < 1.29 is 19.5 Å². The van der Waals surface area contributed by atoms with E-state index in [1.165, 1.54) is 31.2 Å². The Kier molecular flexibility index (Phi) is 5.37. The molecular formula is C12H14N2O4S. The Morgan fingerprint density at radius 1 is 1.26 bits per heavy atom. The van der Waals surface area contributed by atoms with Crippen molar-refractivity contribution in [2.24, 2.45) is 0 Å². The second-order valence-electron chi connectivity index (χ2n) is 3.81. The SMILES string of the molecule is CC(=O)NC(CS)C(=O)Nc1ccc(C(=O)O)cc1. The maximum absolute atomic E-state index is 11.8. The summed E-state index contributed by atoms with van der Waals surface area (Å²) in [4.78, 5) is 33.4. The molecule has 0 spiro atoms. The number of rotatable bonds is 5. The van der Waals surface area contributed by atoms with Crippen molar-refractivity contribution in [3.8, 4) is 0 Å². The smallest absolute Gasteiger partial charge is 0.335 e. The summed E-state index contributed by atoms with van der Waals surface area (Å²) in [6, 6.07) is 4.98. The molecule has 102 valence electrons. The Morgan fingerprint density at radius 3 is 2.26 bits per heavy atom. The number of hydrogen-bond donors (Lipinski definition) is 4. The first-order valence-electron chi connectivity index (χ1n) is 5.46. The van der Waals surface area contributed by atoms with Crippen molar-refractivity contribution in [2.75, 3.05) is 11.1 Å². The Hall–Kier alpha value is -2.02. The quantitative estimate of drug-likeness (QED) is 0.600. The summed E-state index contributed by atoms with van der Waals surface area (Å²) < 4.78 is 0. The summed E-state index contributed by atoms with van der Waals surface area (Å²) in [6.07, 6.45) is 0. The molecular weight excluding hydrogens is 268 g/mol. The first-order valence-corrected chi connectivity index (χ1v) is 6.09. The van der Waals surface area contributed by atoms with Crippen molar-refractivity contribution >= 4 is 36.1 Å². The number of carbonyl (C=O) groups excluding carboxylic acids is 2. The molecule has 1 rings (SSSR count). The van der Waals surface area contributed by atoms with E-state index in [0.717, 1.165) is 0 Å². The van der Waals surface area contributed by atoms with Crippen molar-refractivity contribution in [2.45, 2.75) is 13.0 Å². The Balaban J connectivity index is 2.70. The molecule has 1 aromatic rings. The van der Waals surface area contributed by atoms with Crippen LogP contribution in [0.1, 0.15) is 17.3 Å². The maximum Gasteiger partial charge on any atom is 0.335 e. The first-order chi connectivity index (χ1) is 8.93. The fraction of sp³-hybridized carbons (Fsp3) is 0.250. The molecule has 0 fully saturated rings. The zero-order chi connectivity index (χ0) is 14.4. The summed E-state index contributed by atoms with van der Waals surface area (Å²) >= 11 is 3.99. The lowest BCUT2D eigenvalue weighted by Gasteiger charge is -2.15.